The van der Waals surface area contributed by atoms with Crippen LogP contribution in [0.4, 0.5) is 13.2 Å². The predicted octanol–water partition coefficient (Wildman–Crippen LogP) is 2.26. The molecule has 1 aliphatic heterocycles. The number of rotatable bonds is 2. The minimum atomic E-state index is -4.44. The predicted molar refractivity (Wildman–Crippen MR) is 67.1 cm³/mol. The van der Waals surface area contributed by atoms with Gasteiger partial charge >= 0.3 is 6.18 Å². The van der Waals surface area contributed by atoms with Crippen LogP contribution in [-0.2, 0) is 11.0 Å². The number of benzene rings is 1. The second kappa shape index (κ2) is 5.43. The van der Waals surface area contributed by atoms with Gasteiger partial charge in [-0.1, -0.05) is 30.0 Å². The van der Waals surface area contributed by atoms with Crippen LogP contribution in [0.25, 0.3) is 0 Å². The summed E-state index contributed by atoms with van der Waals surface area (Å²) >= 11 is 1.15. The second-order valence-corrected chi connectivity index (χ2v) is 4.54. The van der Waals surface area contributed by atoms with Crippen LogP contribution in [-0.4, -0.2) is 23.0 Å². The molecule has 0 atom stereocenters. The van der Waals surface area contributed by atoms with Crippen molar-refractivity contribution >= 4 is 29.1 Å². The van der Waals surface area contributed by atoms with E-state index in [1.54, 1.807) is 0 Å². The molecule has 4 nitrogen and oxygen atoms in total. The van der Waals surface area contributed by atoms with E-state index in [1.807, 2.05) is 0 Å². The van der Waals surface area contributed by atoms with E-state index in [1.165, 1.54) is 18.2 Å². The Morgan fingerprint density at radius 1 is 1.32 bits per heavy atom. The summed E-state index contributed by atoms with van der Waals surface area (Å²) in [6.07, 6.45) is -3.42. The average molecular weight is 287 g/mol. The van der Waals surface area contributed by atoms with E-state index >= 15 is 0 Å². The fourth-order valence-corrected chi connectivity index (χ4v) is 2.02. The molecule has 100 valence electrons. The Balaban J connectivity index is 2.18. The summed E-state index contributed by atoms with van der Waals surface area (Å²) in [5.74, 6) is 0.0441. The lowest BCUT2D eigenvalue weighted by molar-refractivity contribution is -0.137. The van der Waals surface area contributed by atoms with Crippen molar-refractivity contribution in [3.05, 3.63) is 35.4 Å². The van der Waals surface area contributed by atoms with E-state index < -0.39 is 11.7 Å². The highest BCUT2D eigenvalue weighted by atomic mass is 32.2. The molecular formula is C11H8F3N3OS. The molecule has 0 unspecified atom stereocenters. The van der Waals surface area contributed by atoms with Gasteiger partial charge in [0, 0.05) is 5.56 Å². The van der Waals surface area contributed by atoms with E-state index in [0.717, 1.165) is 24.0 Å². The molecule has 2 rings (SSSR count). The Morgan fingerprint density at radius 3 is 2.68 bits per heavy atom. The molecule has 1 aliphatic rings. The quantitative estimate of drug-likeness (QED) is 0.670. The lowest BCUT2D eigenvalue weighted by atomic mass is 10.1. The molecule has 1 saturated heterocycles. The molecule has 1 aromatic carbocycles. The standard InChI is InChI=1S/C11H8F3N3OS/c12-11(13,14)8-4-2-1-3-7(8)5-15-17-10-16-9(18)6-19-10/h1-5H,6H2,(H,16,17,18). The smallest absolute Gasteiger partial charge is 0.303 e. The molecule has 0 aromatic heterocycles. The van der Waals surface area contributed by atoms with Crippen LogP contribution in [0.15, 0.2) is 34.5 Å². The van der Waals surface area contributed by atoms with Crippen molar-refractivity contribution < 1.29 is 18.0 Å². The summed E-state index contributed by atoms with van der Waals surface area (Å²) in [5, 5.41) is 9.91. The summed E-state index contributed by atoms with van der Waals surface area (Å²) in [6.45, 7) is 0. The fourth-order valence-electron chi connectivity index (χ4n) is 1.39. The monoisotopic (exact) mass is 287 g/mol. The Labute approximate surface area is 110 Å². The summed E-state index contributed by atoms with van der Waals surface area (Å²) in [4.78, 5) is 10.9. The van der Waals surface area contributed by atoms with Crippen LogP contribution in [0, 0.1) is 0 Å². The van der Waals surface area contributed by atoms with Gasteiger partial charge in [0.05, 0.1) is 17.5 Å². The number of nitrogens with one attached hydrogen (secondary N) is 1. The minimum absolute atomic E-state index is 0.0753. The third-order valence-electron chi connectivity index (χ3n) is 2.20. The van der Waals surface area contributed by atoms with E-state index in [4.69, 9.17) is 0 Å². The highest BCUT2D eigenvalue weighted by molar-refractivity contribution is 8.15. The van der Waals surface area contributed by atoms with Crippen molar-refractivity contribution in [2.75, 3.05) is 5.75 Å². The lowest BCUT2D eigenvalue weighted by Crippen LogP contribution is -2.19. The first kappa shape index (κ1) is 13.6. The van der Waals surface area contributed by atoms with Gasteiger partial charge in [0.2, 0.25) is 5.91 Å². The zero-order chi connectivity index (χ0) is 13.9. The fraction of sp³-hybridized carbons (Fsp3) is 0.182. The van der Waals surface area contributed by atoms with Gasteiger partial charge in [0.15, 0.2) is 5.17 Å². The van der Waals surface area contributed by atoms with Gasteiger partial charge in [-0.15, -0.1) is 5.10 Å². The van der Waals surface area contributed by atoms with E-state index in [2.05, 4.69) is 15.5 Å². The van der Waals surface area contributed by atoms with Gasteiger partial charge in [-0.25, -0.2) is 0 Å². The third-order valence-corrected chi connectivity index (χ3v) is 3.06. The van der Waals surface area contributed by atoms with E-state index in [-0.39, 0.29) is 22.4 Å². The maximum absolute atomic E-state index is 12.7. The van der Waals surface area contributed by atoms with Gasteiger partial charge in [-0.2, -0.15) is 18.3 Å². The lowest BCUT2D eigenvalue weighted by Gasteiger charge is -2.08. The average Bonchev–Trinajstić information content (AvgIpc) is 2.74. The number of carbonyl (C=O) groups excluding carboxylic acids is 1. The van der Waals surface area contributed by atoms with Gasteiger partial charge in [-0.05, 0) is 6.07 Å². The molecule has 8 heteroatoms. The number of carbonyl (C=O) groups is 1. The molecule has 1 amide bonds. The van der Waals surface area contributed by atoms with E-state index in [9.17, 15) is 18.0 Å². The molecule has 19 heavy (non-hydrogen) atoms. The highest BCUT2D eigenvalue weighted by Gasteiger charge is 2.32. The first-order valence-electron chi connectivity index (χ1n) is 5.17. The van der Waals surface area contributed by atoms with Crippen molar-refractivity contribution in [2.24, 2.45) is 10.2 Å². The van der Waals surface area contributed by atoms with Crippen LogP contribution < -0.4 is 5.32 Å². The summed E-state index contributed by atoms with van der Waals surface area (Å²) < 4.78 is 38.0. The summed E-state index contributed by atoms with van der Waals surface area (Å²) in [7, 11) is 0. The first-order chi connectivity index (χ1) is 8.97. The Hall–Kier alpha value is -1.83. The van der Waals surface area contributed by atoms with Crippen molar-refractivity contribution in [3.63, 3.8) is 0 Å². The number of hydrogen-bond acceptors (Lipinski definition) is 4. The topological polar surface area (TPSA) is 53.8 Å². The number of hydrogen-bond donors (Lipinski definition) is 1. The van der Waals surface area contributed by atoms with Crippen molar-refractivity contribution in [3.8, 4) is 0 Å². The number of alkyl halides is 3. The maximum Gasteiger partial charge on any atom is 0.417 e. The van der Waals surface area contributed by atoms with Crippen LogP contribution in [0.3, 0.4) is 0 Å². The maximum atomic E-state index is 12.7. The highest BCUT2D eigenvalue weighted by Crippen LogP contribution is 2.31. The van der Waals surface area contributed by atoms with Crippen molar-refractivity contribution in [1.29, 1.82) is 0 Å². The van der Waals surface area contributed by atoms with Gasteiger partial charge < -0.3 is 5.32 Å². The molecule has 0 saturated carbocycles. The van der Waals surface area contributed by atoms with Crippen molar-refractivity contribution in [1.82, 2.24) is 5.32 Å². The zero-order valence-electron chi connectivity index (χ0n) is 9.44. The molecule has 1 heterocycles. The van der Waals surface area contributed by atoms with Crippen LogP contribution >= 0.6 is 11.8 Å². The SMILES string of the molecule is O=C1CSC(=NN=Cc2ccccc2C(F)(F)F)N1. The molecule has 1 N–H and O–H groups in total. The second-order valence-electron chi connectivity index (χ2n) is 3.57. The third kappa shape index (κ3) is 3.57. The number of thioether (sulfide) groups is 1. The Bertz CT molecular complexity index is 554. The molecule has 1 fully saturated rings. The Kier molecular flexibility index (Phi) is 3.89. The number of nitrogens with zero attached hydrogens (tertiary/aromatic N) is 2. The molecular weight excluding hydrogens is 279 g/mol. The minimum Gasteiger partial charge on any atom is -0.303 e. The molecule has 1 aromatic rings. The number of halogens is 3. The van der Waals surface area contributed by atoms with Crippen LogP contribution in [0.1, 0.15) is 11.1 Å². The molecule has 0 spiro atoms. The van der Waals surface area contributed by atoms with Crippen LogP contribution in [0.2, 0.25) is 0 Å². The molecule has 0 aliphatic carbocycles. The van der Waals surface area contributed by atoms with E-state index in [0.29, 0.717) is 0 Å². The zero-order valence-corrected chi connectivity index (χ0v) is 10.3. The molecule has 0 radical (unpaired) electrons. The largest absolute Gasteiger partial charge is 0.417 e. The van der Waals surface area contributed by atoms with Crippen LogP contribution in [0.5, 0.6) is 0 Å². The van der Waals surface area contributed by atoms with Crippen molar-refractivity contribution in [2.45, 2.75) is 6.18 Å². The number of amides is 1. The normalized spacial score (nSPS) is 18.3. The van der Waals surface area contributed by atoms with Gasteiger partial charge in [0.25, 0.3) is 0 Å². The summed E-state index contributed by atoms with van der Waals surface area (Å²) in [5.41, 5.74) is -0.851. The summed E-state index contributed by atoms with van der Waals surface area (Å²) in [6, 6.07) is 5.06. The van der Waals surface area contributed by atoms with Gasteiger partial charge in [-0.3, -0.25) is 4.79 Å². The Morgan fingerprint density at radius 2 is 2.05 bits per heavy atom. The van der Waals surface area contributed by atoms with Gasteiger partial charge in [0.1, 0.15) is 0 Å². The molecule has 0 bridgehead atoms. The number of amidine groups is 1. The first-order valence-corrected chi connectivity index (χ1v) is 6.15.